The molecule has 5 heteroatoms. The van der Waals surface area contributed by atoms with Crippen molar-refractivity contribution in [1.29, 1.82) is 0 Å². The molecule has 2 rings (SSSR count). The summed E-state index contributed by atoms with van der Waals surface area (Å²) in [4.78, 5) is 12.0. The Morgan fingerprint density at radius 1 is 1.12 bits per heavy atom. The molecule has 0 radical (unpaired) electrons. The number of amides is 1. The molecule has 0 saturated carbocycles. The average Bonchev–Trinajstić information content (AvgIpc) is 2.55. The van der Waals surface area contributed by atoms with E-state index in [1.54, 1.807) is 12.1 Å². The molecule has 0 aliphatic heterocycles. The highest BCUT2D eigenvalue weighted by Gasteiger charge is 2.08. The molecule has 4 nitrogen and oxygen atoms in total. The maximum absolute atomic E-state index is 12.8. The van der Waals surface area contributed by atoms with Crippen LogP contribution in [0.2, 0.25) is 0 Å². The van der Waals surface area contributed by atoms with E-state index >= 15 is 0 Å². The van der Waals surface area contributed by atoms with Crippen LogP contribution in [0.5, 0.6) is 5.75 Å². The molecule has 0 spiro atoms. The summed E-state index contributed by atoms with van der Waals surface area (Å²) >= 11 is 0. The third-order valence-corrected chi connectivity index (χ3v) is 3.31. The summed E-state index contributed by atoms with van der Waals surface area (Å²) < 4.78 is 18.5. The minimum absolute atomic E-state index is 0.0388. The van der Waals surface area contributed by atoms with Crippen LogP contribution >= 0.6 is 0 Å². The lowest BCUT2D eigenvalue weighted by atomic mass is 10.1. The van der Waals surface area contributed by atoms with Crippen molar-refractivity contribution in [2.45, 2.75) is 26.4 Å². The maximum Gasteiger partial charge on any atom is 0.238 e. The van der Waals surface area contributed by atoms with Gasteiger partial charge in [0, 0.05) is 0 Å². The second kappa shape index (κ2) is 9.03. The first kappa shape index (κ1) is 17.9. The van der Waals surface area contributed by atoms with Crippen molar-refractivity contribution < 1.29 is 13.9 Å². The Morgan fingerprint density at radius 3 is 2.54 bits per heavy atom. The summed E-state index contributed by atoms with van der Waals surface area (Å²) in [7, 11) is 0. The van der Waals surface area contributed by atoms with E-state index in [1.165, 1.54) is 12.1 Å². The lowest BCUT2D eigenvalue weighted by Gasteiger charge is -2.15. The van der Waals surface area contributed by atoms with Crippen molar-refractivity contribution in [1.82, 2.24) is 5.32 Å². The summed E-state index contributed by atoms with van der Waals surface area (Å²) in [5.41, 5.74) is 1.69. The van der Waals surface area contributed by atoms with Crippen molar-refractivity contribution in [3.63, 3.8) is 0 Å². The fourth-order valence-corrected chi connectivity index (χ4v) is 2.21. The molecule has 0 aliphatic carbocycles. The minimum Gasteiger partial charge on any atom is -0.489 e. The Balaban J connectivity index is 1.76. The summed E-state index contributed by atoms with van der Waals surface area (Å²) in [6, 6.07) is 13.7. The second-order valence-corrected chi connectivity index (χ2v) is 5.76. The molecule has 1 amide bonds. The Kier molecular flexibility index (Phi) is 6.75. The number of carbonyl (C=O) groups excluding carboxylic acids is 1. The Morgan fingerprint density at radius 2 is 1.83 bits per heavy atom. The predicted molar refractivity (Wildman–Crippen MR) is 93.8 cm³/mol. The molecule has 0 heterocycles. The van der Waals surface area contributed by atoms with Crippen LogP contribution in [0, 0.1) is 5.82 Å². The Bertz CT molecular complexity index is 657. The average molecular weight is 330 g/mol. The number of rotatable bonds is 8. The fraction of sp³-hybridized carbons (Fsp3) is 0.316. The topological polar surface area (TPSA) is 50.4 Å². The smallest absolute Gasteiger partial charge is 0.238 e. The van der Waals surface area contributed by atoms with Crippen LogP contribution in [0.1, 0.15) is 19.4 Å². The number of ether oxygens (including phenoxy) is 1. The molecule has 2 N–H and O–H groups in total. The summed E-state index contributed by atoms with van der Waals surface area (Å²) in [5, 5.41) is 5.93. The zero-order valence-electron chi connectivity index (χ0n) is 14.0. The number of para-hydroxylation sites is 2. The number of hydrogen-bond donors (Lipinski definition) is 2. The van der Waals surface area contributed by atoms with E-state index in [0.717, 1.165) is 12.0 Å². The standard InChI is InChI=1S/C19H23FN2O2/c1-14(2)24-18-6-4-3-5-17(18)22-19(23)13-21-12-11-15-7-9-16(20)10-8-15/h3-10,14,21H,11-13H2,1-2H3,(H,22,23). The van der Waals surface area contributed by atoms with Gasteiger partial charge in [0.15, 0.2) is 0 Å². The lowest BCUT2D eigenvalue weighted by molar-refractivity contribution is -0.115. The quantitative estimate of drug-likeness (QED) is 0.730. The van der Waals surface area contributed by atoms with Crippen molar-refractivity contribution in [2.75, 3.05) is 18.4 Å². The number of anilines is 1. The number of halogens is 1. The third kappa shape index (κ3) is 6.01. The minimum atomic E-state index is -0.242. The molecule has 2 aromatic carbocycles. The zero-order chi connectivity index (χ0) is 17.4. The van der Waals surface area contributed by atoms with Crippen LogP contribution in [0.25, 0.3) is 0 Å². The van der Waals surface area contributed by atoms with Crippen molar-refractivity contribution >= 4 is 11.6 Å². The van der Waals surface area contributed by atoms with E-state index in [4.69, 9.17) is 4.74 Å². The van der Waals surface area contributed by atoms with E-state index in [-0.39, 0.29) is 24.4 Å². The molecule has 0 aromatic heterocycles. The molecule has 0 saturated heterocycles. The molecule has 0 aliphatic rings. The number of benzene rings is 2. The van der Waals surface area contributed by atoms with Gasteiger partial charge >= 0.3 is 0 Å². The second-order valence-electron chi connectivity index (χ2n) is 5.76. The van der Waals surface area contributed by atoms with Crippen LogP contribution in [0.4, 0.5) is 10.1 Å². The highest BCUT2D eigenvalue weighted by atomic mass is 19.1. The SMILES string of the molecule is CC(C)Oc1ccccc1NC(=O)CNCCc1ccc(F)cc1. The summed E-state index contributed by atoms with van der Waals surface area (Å²) in [5.74, 6) is 0.287. The molecule has 0 bridgehead atoms. The fourth-order valence-electron chi connectivity index (χ4n) is 2.21. The summed E-state index contributed by atoms with van der Waals surface area (Å²) in [6.07, 6.45) is 0.775. The monoisotopic (exact) mass is 330 g/mol. The molecule has 0 fully saturated rings. The van der Waals surface area contributed by atoms with E-state index in [1.807, 2.05) is 38.1 Å². The largest absolute Gasteiger partial charge is 0.489 e. The van der Waals surface area contributed by atoms with Crippen LogP contribution in [-0.4, -0.2) is 25.1 Å². The van der Waals surface area contributed by atoms with Crippen LogP contribution in [0.3, 0.4) is 0 Å². The number of carbonyl (C=O) groups is 1. The van der Waals surface area contributed by atoms with Crippen LogP contribution < -0.4 is 15.4 Å². The van der Waals surface area contributed by atoms with Crippen LogP contribution in [0.15, 0.2) is 48.5 Å². The van der Waals surface area contributed by atoms with Gasteiger partial charge in [-0.25, -0.2) is 4.39 Å². The lowest BCUT2D eigenvalue weighted by Crippen LogP contribution is -2.29. The van der Waals surface area contributed by atoms with Crippen molar-refractivity contribution in [2.24, 2.45) is 0 Å². The van der Waals surface area contributed by atoms with Gasteiger partial charge in [0.2, 0.25) is 5.91 Å². The predicted octanol–water partition coefficient (Wildman–Crippen LogP) is 3.38. The first-order chi connectivity index (χ1) is 11.5. The summed E-state index contributed by atoms with van der Waals surface area (Å²) in [6.45, 7) is 4.73. The Labute approximate surface area is 142 Å². The molecule has 24 heavy (non-hydrogen) atoms. The van der Waals surface area contributed by atoms with Gasteiger partial charge in [0.05, 0.1) is 18.3 Å². The molecule has 0 unspecified atom stereocenters. The molecule has 0 atom stereocenters. The van der Waals surface area contributed by atoms with Gasteiger partial charge in [-0.05, 0) is 56.6 Å². The number of nitrogens with one attached hydrogen (secondary N) is 2. The van der Waals surface area contributed by atoms with Crippen LogP contribution in [-0.2, 0) is 11.2 Å². The van der Waals surface area contributed by atoms with Gasteiger partial charge in [-0.1, -0.05) is 24.3 Å². The molecular weight excluding hydrogens is 307 g/mol. The zero-order valence-corrected chi connectivity index (χ0v) is 14.0. The first-order valence-electron chi connectivity index (χ1n) is 8.05. The van der Waals surface area contributed by atoms with Crippen molar-refractivity contribution in [3.8, 4) is 5.75 Å². The molecule has 2 aromatic rings. The molecule has 128 valence electrons. The van der Waals surface area contributed by atoms with Gasteiger partial charge in [-0.15, -0.1) is 0 Å². The van der Waals surface area contributed by atoms with Gasteiger partial charge in [0.1, 0.15) is 11.6 Å². The van der Waals surface area contributed by atoms with E-state index < -0.39 is 0 Å². The Hall–Kier alpha value is -2.40. The maximum atomic E-state index is 12.8. The van der Waals surface area contributed by atoms with Gasteiger partial charge < -0.3 is 15.4 Å². The van der Waals surface area contributed by atoms with E-state index in [2.05, 4.69) is 10.6 Å². The highest BCUT2D eigenvalue weighted by Crippen LogP contribution is 2.24. The van der Waals surface area contributed by atoms with E-state index in [0.29, 0.717) is 18.0 Å². The van der Waals surface area contributed by atoms with Crippen molar-refractivity contribution in [3.05, 3.63) is 59.9 Å². The van der Waals surface area contributed by atoms with Gasteiger partial charge in [-0.3, -0.25) is 4.79 Å². The number of hydrogen-bond acceptors (Lipinski definition) is 3. The highest BCUT2D eigenvalue weighted by molar-refractivity contribution is 5.93. The normalized spacial score (nSPS) is 10.7. The van der Waals surface area contributed by atoms with Gasteiger partial charge in [0.25, 0.3) is 0 Å². The third-order valence-electron chi connectivity index (χ3n) is 3.31. The van der Waals surface area contributed by atoms with Gasteiger partial charge in [-0.2, -0.15) is 0 Å². The molecular formula is C19H23FN2O2. The van der Waals surface area contributed by atoms with E-state index in [9.17, 15) is 9.18 Å². The first-order valence-corrected chi connectivity index (χ1v) is 8.05.